The van der Waals surface area contributed by atoms with Gasteiger partial charge in [-0.15, -0.1) is 11.8 Å². The standard InChI is InChI=1S/C13H13ClF3NOS/c14-10-5-4-8(7-9(10)13(15,16)17)20-11-3-1-2-6-18-12(11)19/h4-5,7,11H,1-3,6H2,(H,18,19). The molecule has 0 aliphatic carbocycles. The van der Waals surface area contributed by atoms with Crippen molar-refractivity contribution in [1.82, 2.24) is 5.32 Å². The Hall–Kier alpha value is -0.880. The molecule has 110 valence electrons. The minimum atomic E-state index is -4.49. The fraction of sp³-hybridized carbons (Fsp3) is 0.462. The van der Waals surface area contributed by atoms with E-state index in [-0.39, 0.29) is 16.2 Å². The molecule has 0 radical (unpaired) electrons. The molecule has 2 rings (SSSR count). The molecule has 20 heavy (non-hydrogen) atoms. The summed E-state index contributed by atoms with van der Waals surface area (Å²) in [4.78, 5) is 12.2. The molecule has 1 N–H and O–H groups in total. The van der Waals surface area contributed by atoms with E-state index in [4.69, 9.17) is 11.6 Å². The SMILES string of the molecule is O=C1NCCCCC1Sc1ccc(Cl)c(C(F)(F)F)c1. The number of alkyl halides is 3. The lowest BCUT2D eigenvalue weighted by molar-refractivity contribution is -0.137. The zero-order chi connectivity index (χ0) is 14.8. The number of nitrogens with one attached hydrogen (secondary N) is 1. The Kier molecular flexibility index (Phi) is 4.86. The monoisotopic (exact) mass is 323 g/mol. The zero-order valence-electron chi connectivity index (χ0n) is 10.5. The third-order valence-electron chi connectivity index (χ3n) is 3.01. The molecular weight excluding hydrogens is 311 g/mol. The van der Waals surface area contributed by atoms with Gasteiger partial charge in [-0.05, 0) is 31.0 Å². The number of halogens is 4. The zero-order valence-corrected chi connectivity index (χ0v) is 12.0. The van der Waals surface area contributed by atoms with Crippen molar-refractivity contribution in [2.75, 3.05) is 6.54 Å². The second kappa shape index (κ2) is 6.26. The molecule has 7 heteroatoms. The van der Waals surface area contributed by atoms with E-state index in [1.54, 1.807) is 0 Å². The first-order chi connectivity index (χ1) is 9.38. The van der Waals surface area contributed by atoms with Crippen molar-refractivity contribution in [3.8, 4) is 0 Å². The lowest BCUT2D eigenvalue weighted by Gasteiger charge is -2.15. The van der Waals surface area contributed by atoms with Crippen LogP contribution in [0.1, 0.15) is 24.8 Å². The quantitative estimate of drug-likeness (QED) is 0.887. The Labute approximate surface area is 124 Å². The molecule has 1 aliphatic heterocycles. The van der Waals surface area contributed by atoms with Crippen LogP contribution in [0.5, 0.6) is 0 Å². The normalized spacial score (nSPS) is 20.4. The van der Waals surface area contributed by atoms with Crippen LogP contribution in [-0.4, -0.2) is 17.7 Å². The van der Waals surface area contributed by atoms with Crippen LogP contribution in [-0.2, 0) is 11.0 Å². The Balaban J connectivity index is 2.19. The van der Waals surface area contributed by atoms with Crippen molar-refractivity contribution in [3.05, 3.63) is 28.8 Å². The van der Waals surface area contributed by atoms with Crippen molar-refractivity contribution in [1.29, 1.82) is 0 Å². The molecule has 0 saturated carbocycles. The summed E-state index contributed by atoms with van der Waals surface area (Å²) in [5.41, 5.74) is -0.863. The highest BCUT2D eigenvalue weighted by Gasteiger charge is 2.33. The van der Waals surface area contributed by atoms with Gasteiger partial charge in [0.15, 0.2) is 0 Å². The lowest BCUT2D eigenvalue weighted by atomic mass is 10.2. The van der Waals surface area contributed by atoms with Crippen molar-refractivity contribution in [3.63, 3.8) is 0 Å². The maximum absolute atomic E-state index is 12.8. The largest absolute Gasteiger partial charge is 0.417 e. The maximum Gasteiger partial charge on any atom is 0.417 e. The average molecular weight is 324 g/mol. The molecule has 1 amide bonds. The molecule has 1 saturated heterocycles. The van der Waals surface area contributed by atoms with Crippen LogP contribution in [0.3, 0.4) is 0 Å². The van der Waals surface area contributed by atoms with Crippen LogP contribution < -0.4 is 5.32 Å². The van der Waals surface area contributed by atoms with Gasteiger partial charge in [0, 0.05) is 11.4 Å². The number of hydrogen-bond acceptors (Lipinski definition) is 2. The van der Waals surface area contributed by atoms with Gasteiger partial charge in [0.05, 0.1) is 15.8 Å². The van der Waals surface area contributed by atoms with Crippen LogP contribution in [0.25, 0.3) is 0 Å². The minimum Gasteiger partial charge on any atom is -0.355 e. The molecule has 1 heterocycles. The summed E-state index contributed by atoms with van der Waals surface area (Å²) in [5.74, 6) is -0.115. The number of hydrogen-bond donors (Lipinski definition) is 1. The van der Waals surface area contributed by atoms with Crippen LogP contribution in [0.2, 0.25) is 5.02 Å². The first-order valence-electron chi connectivity index (χ1n) is 6.19. The molecule has 1 atom stereocenters. The van der Waals surface area contributed by atoms with Gasteiger partial charge in [-0.25, -0.2) is 0 Å². The van der Waals surface area contributed by atoms with E-state index >= 15 is 0 Å². The van der Waals surface area contributed by atoms with Gasteiger partial charge in [-0.3, -0.25) is 4.79 Å². The van der Waals surface area contributed by atoms with Crippen molar-refractivity contribution in [2.24, 2.45) is 0 Å². The molecule has 1 aromatic carbocycles. The van der Waals surface area contributed by atoms with Gasteiger partial charge in [-0.2, -0.15) is 13.2 Å². The molecule has 2 nitrogen and oxygen atoms in total. The van der Waals surface area contributed by atoms with E-state index < -0.39 is 11.7 Å². The van der Waals surface area contributed by atoms with Crippen LogP contribution >= 0.6 is 23.4 Å². The van der Waals surface area contributed by atoms with E-state index in [0.717, 1.165) is 30.7 Å². The highest BCUT2D eigenvalue weighted by Crippen LogP contribution is 2.38. The van der Waals surface area contributed by atoms with Crippen LogP contribution in [0.15, 0.2) is 23.1 Å². The van der Waals surface area contributed by atoms with Gasteiger partial charge in [0.1, 0.15) is 0 Å². The van der Waals surface area contributed by atoms with Gasteiger partial charge in [0.2, 0.25) is 5.91 Å². The number of carbonyl (C=O) groups excluding carboxylic acids is 1. The predicted octanol–water partition coefficient (Wildman–Crippen LogP) is 4.12. The van der Waals surface area contributed by atoms with E-state index in [9.17, 15) is 18.0 Å². The topological polar surface area (TPSA) is 29.1 Å². The lowest BCUT2D eigenvalue weighted by Crippen LogP contribution is -2.30. The molecule has 1 unspecified atom stereocenters. The Morgan fingerprint density at radius 2 is 2.05 bits per heavy atom. The third-order valence-corrected chi connectivity index (χ3v) is 4.60. The second-order valence-corrected chi connectivity index (χ2v) is 6.22. The Morgan fingerprint density at radius 1 is 1.30 bits per heavy atom. The maximum atomic E-state index is 12.8. The number of amides is 1. The summed E-state index contributed by atoms with van der Waals surface area (Å²) in [6.07, 6.45) is -2.03. The molecule has 1 fully saturated rings. The Morgan fingerprint density at radius 3 is 2.75 bits per heavy atom. The van der Waals surface area contributed by atoms with E-state index in [1.807, 2.05) is 0 Å². The van der Waals surface area contributed by atoms with Gasteiger partial charge in [-0.1, -0.05) is 18.0 Å². The molecular formula is C13H13ClF3NOS. The average Bonchev–Trinajstić information content (AvgIpc) is 2.56. The molecule has 0 spiro atoms. The summed E-state index contributed by atoms with van der Waals surface area (Å²) < 4.78 is 38.3. The third kappa shape index (κ3) is 3.82. The van der Waals surface area contributed by atoms with Crippen LogP contribution in [0, 0.1) is 0 Å². The number of benzene rings is 1. The summed E-state index contributed by atoms with van der Waals surface area (Å²) in [5, 5.41) is 2.09. The van der Waals surface area contributed by atoms with Crippen molar-refractivity contribution >= 4 is 29.3 Å². The van der Waals surface area contributed by atoms with E-state index in [2.05, 4.69) is 5.32 Å². The summed E-state index contributed by atoms with van der Waals surface area (Å²) in [6.45, 7) is 0.629. The smallest absolute Gasteiger partial charge is 0.355 e. The second-order valence-electron chi connectivity index (χ2n) is 4.53. The van der Waals surface area contributed by atoms with Gasteiger partial charge >= 0.3 is 6.18 Å². The summed E-state index contributed by atoms with van der Waals surface area (Å²) >= 11 is 6.72. The highest BCUT2D eigenvalue weighted by atomic mass is 35.5. The van der Waals surface area contributed by atoms with E-state index in [1.165, 1.54) is 12.1 Å². The summed E-state index contributed by atoms with van der Waals surface area (Å²) in [7, 11) is 0. The first-order valence-corrected chi connectivity index (χ1v) is 7.45. The molecule has 1 aromatic rings. The highest BCUT2D eigenvalue weighted by molar-refractivity contribution is 8.00. The number of thioether (sulfide) groups is 1. The fourth-order valence-electron chi connectivity index (χ4n) is 1.98. The van der Waals surface area contributed by atoms with Crippen LogP contribution in [0.4, 0.5) is 13.2 Å². The Bertz CT molecular complexity index is 507. The van der Waals surface area contributed by atoms with Crippen molar-refractivity contribution in [2.45, 2.75) is 35.6 Å². The number of carbonyl (C=O) groups is 1. The predicted molar refractivity (Wildman–Crippen MR) is 73.0 cm³/mol. The summed E-state index contributed by atoms with van der Waals surface area (Å²) in [6, 6.07) is 3.74. The van der Waals surface area contributed by atoms with E-state index in [0.29, 0.717) is 17.9 Å². The molecule has 0 aromatic heterocycles. The first kappa shape index (κ1) is 15.5. The number of rotatable bonds is 2. The molecule has 1 aliphatic rings. The molecule has 0 bridgehead atoms. The van der Waals surface area contributed by atoms with Gasteiger partial charge < -0.3 is 5.32 Å². The van der Waals surface area contributed by atoms with Gasteiger partial charge in [0.25, 0.3) is 0 Å². The minimum absolute atomic E-state index is 0.115. The van der Waals surface area contributed by atoms with Crippen molar-refractivity contribution < 1.29 is 18.0 Å². The fourth-order valence-corrected chi connectivity index (χ4v) is 3.34.